The minimum Gasteiger partial charge on any atom is -0.350 e. The highest BCUT2D eigenvalue weighted by Crippen LogP contribution is 2.48. The highest BCUT2D eigenvalue weighted by atomic mass is 28.3. The van der Waals surface area contributed by atoms with Crippen LogP contribution >= 0.6 is 0 Å². The first-order valence-electron chi connectivity index (χ1n) is 8.47. The number of rotatable bonds is 4. The smallest absolute Gasteiger partial charge is 0.162 e. The van der Waals surface area contributed by atoms with Crippen molar-refractivity contribution in [3.05, 3.63) is 23.4 Å². The lowest BCUT2D eigenvalue weighted by Crippen LogP contribution is -2.45. The Morgan fingerprint density at radius 2 is 1.57 bits per heavy atom. The highest BCUT2D eigenvalue weighted by Gasteiger charge is 2.45. The van der Waals surface area contributed by atoms with E-state index in [9.17, 15) is 0 Å². The molecule has 0 aromatic carbocycles. The van der Waals surface area contributed by atoms with Gasteiger partial charge in [0.1, 0.15) is 0 Å². The summed E-state index contributed by atoms with van der Waals surface area (Å²) < 4.78 is 11.9. The molecule has 2 fully saturated rings. The maximum Gasteiger partial charge on any atom is 0.162 e. The van der Waals surface area contributed by atoms with Gasteiger partial charge in [0, 0.05) is 5.41 Å². The summed E-state index contributed by atoms with van der Waals surface area (Å²) in [7, 11) is -1.24. The Morgan fingerprint density at radius 3 is 2.05 bits per heavy atom. The second kappa shape index (κ2) is 6.02. The molecule has 2 nitrogen and oxygen atoms in total. The number of allylic oxidation sites excluding steroid dienone is 2. The summed E-state index contributed by atoms with van der Waals surface area (Å²) in [6.07, 6.45) is 2.13. The first-order chi connectivity index (χ1) is 9.79. The summed E-state index contributed by atoms with van der Waals surface area (Å²) in [4.78, 5) is 0. The van der Waals surface area contributed by atoms with Gasteiger partial charge in [-0.1, -0.05) is 62.3 Å². The van der Waals surface area contributed by atoms with Crippen molar-refractivity contribution in [3.63, 3.8) is 0 Å². The van der Waals surface area contributed by atoms with Crippen molar-refractivity contribution in [2.45, 2.75) is 71.4 Å². The van der Waals surface area contributed by atoms with Crippen LogP contribution in [0.25, 0.3) is 0 Å². The Labute approximate surface area is 131 Å². The molecular formula is C18H32O2Si. The molecule has 1 heterocycles. The van der Waals surface area contributed by atoms with Crippen molar-refractivity contribution in [2.24, 2.45) is 5.41 Å². The summed E-state index contributed by atoms with van der Waals surface area (Å²) in [6, 6.07) is 4.01. The molecule has 3 heteroatoms. The molecule has 0 radical (unpaired) electrons. The van der Waals surface area contributed by atoms with Gasteiger partial charge in [0.2, 0.25) is 0 Å². The molecule has 2 rings (SSSR count). The molecule has 1 saturated heterocycles. The van der Waals surface area contributed by atoms with Gasteiger partial charge in [0.05, 0.1) is 21.3 Å². The molecule has 1 aliphatic heterocycles. The van der Waals surface area contributed by atoms with E-state index in [-0.39, 0.29) is 5.41 Å². The number of hydrogen-bond acceptors (Lipinski definition) is 2. The second-order valence-corrected chi connectivity index (χ2v) is 12.7. The summed E-state index contributed by atoms with van der Waals surface area (Å²) in [5.41, 5.74) is 5.64. The summed E-state index contributed by atoms with van der Waals surface area (Å²) >= 11 is 0. The van der Waals surface area contributed by atoms with E-state index < -0.39 is 13.9 Å². The second-order valence-electron chi connectivity index (χ2n) is 7.53. The molecule has 1 aliphatic carbocycles. The average Bonchev–Trinajstić information content (AvgIpc) is 2.77. The van der Waals surface area contributed by atoms with Crippen LogP contribution in [-0.4, -0.2) is 27.1 Å². The van der Waals surface area contributed by atoms with Gasteiger partial charge in [0.15, 0.2) is 5.79 Å². The van der Waals surface area contributed by atoms with E-state index in [0.717, 1.165) is 26.1 Å². The molecule has 1 spiro atoms. The van der Waals surface area contributed by atoms with E-state index in [2.05, 4.69) is 33.0 Å². The van der Waals surface area contributed by atoms with Crippen molar-refractivity contribution in [1.29, 1.82) is 0 Å². The first-order valence-corrected chi connectivity index (χ1v) is 11.2. The first kappa shape index (κ1) is 17.0. The molecule has 0 N–H and O–H groups in total. The van der Waals surface area contributed by atoms with Crippen molar-refractivity contribution < 1.29 is 9.47 Å². The lowest BCUT2D eigenvalue weighted by atomic mass is 9.86. The van der Waals surface area contributed by atoms with E-state index >= 15 is 0 Å². The fraction of sp³-hybridized carbons (Fsp3) is 0.778. The predicted molar refractivity (Wildman–Crippen MR) is 92.1 cm³/mol. The standard InChI is InChI=1S/C18H32O2Si/c1-7-21(8-2,9-3)12-16-11-18(10-15(16)4)13-19-17(5,6)20-14-18/h12H,4,7-11,13-14H2,1-3,5-6H3/b16-12-. The summed E-state index contributed by atoms with van der Waals surface area (Å²) in [6.45, 7) is 17.0. The molecule has 2 aliphatic rings. The molecule has 0 amide bonds. The fourth-order valence-electron chi connectivity index (χ4n) is 3.68. The van der Waals surface area contributed by atoms with Gasteiger partial charge in [-0.05, 0) is 26.7 Å². The summed E-state index contributed by atoms with van der Waals surface area (Å²) in [5, 5.41) is 0. The van der Waals surface area contributed by atoms with Crippen LogP contribution in [0.15, 0.2) is 23.4 Å². The Hall–Kier alpha value is -0.383. The largest absolute Gasteiger partial charge is 0.350 e. The van der Waals surface area contributed by atoms with Crippen LogP contribution in [0, 0.1) is 5.41 Å². The Bertz CT molecular complexity index is 414. The van der Waals surface area contributed by atoms with Gasteiger partial charge in [0.25, 0.3) is 0 Å². The Kier molecular flexibility index (Phi) is 4.86. The van der Waals surface area contributed by atoms with Crippen LogP contribution in [0.2, 0.25) is 18.1 Å². The lowest BCUT2D eigenvalue weighted by Gasteiger charge is -2.41. The monoisotopic (exact) mass is 308 g/mol. The molecule has 0 unspecified atom stereocenters. The van der Waals surface area contributed by atoms with Crippen LogP contribution in [0.3, 0.4) is 0 Å². The number of ether oxygens (including phenoxy) is 2. The quantitative estimate of drug-likeness (QED) is 0.674. The molecule has 21 heavy (non-hydrogen) atoms. The topological polar surface area (TPSA) is 18.5 Å². The Balaban J connectivity index is 2.17. The minimum absolute atomic E-state index is 0.147. The van der Waals surface area contributed by atoms with Crippen molar-refractivity contribution in [1.82, 2.24) is 0 Å². The van der Waals surface area contributed by atoms with Gasteiger partial charge in [-0.25, -0.2) is 0 Å². The van der Waals surface area contributed by atoms with E-state index in [1.165, 1.54) is 29.3 Å². The van der Waals surface area contributed by atoms with Crippen molar-refractivity contribution >= 4 is 8.07 Å². The zero-order valence-corrected chi connectivity index (χ0v) is 15.6. The zero-order chi connectivity index (χ0) is 15.7. The van der Waals surface area contributed by atoms with Crippen LogP contribution in [0.5, 0.6) is 0 Å². The molecule has 0 aromatic rings. The molecule has 0 bridgehead atoms. The summed E-state index contributed by atoms with van der Waals surface area (Å²) in [5.74, 6) is -0.423. The van der Waals surface area contributed by atoms with Gasteiger partial charge in [-0.2, -0.15) is 0 Å². The third-order valence-corrected chi connectivity index (χ3v) is 10.8. The average molecular weight is 309 g/mol. The van der Waals surface area contributed by atoms with Crippen LogP contribution in [0.1, 0.15) is 47.5 Å². The van der Waals surface area contributed by atoms with E-state index in [0.29, 0.717) is 0 Å². The van der Waals surface area contributed by atoms with Gasteiger partial charge < -0.3 is 9.47 Å². The van der Waals surface area contributed by atoms with E-state index in [1.807, 2.05) is 13.8 Å². The molecule has 0 atom stereocenters. The predicted octanol–water partition coefficient (Wildman–Crippen LogP) is 5.08. The molecule has 120 valence electrons. The van der Waals surface area contributed by atoms with Gasteiger partial charge in [-0.3, -0.25) is 0 Å². The molecule has 1 saturated carbocycles. The maximum atomic E-state index is 5.93. The third-order valence-electron chi connectivity index (χ3n) is 5.65. The van der Waals surface area contributed by atoms with Crippen molar-refractivity contribution in [2.75, 3.05) is 13.2 Å². The van der Waals surface area contributed by atoms with E-state index in [1.54, 1.807) is 0 Å². The normalized spacial score (nSPS) is 26.7. The third kappa shape index (κ3) is 3.52. The van der Waals surface area contributed by atoms with Gasteiger partial charge >= 0.3 is 0 Å². The van der Waals surface area contributed by atoms with E-state index in [4.69, 9.17) is 9.47 Å². The van der Waals surface area contributed by atoms with Crippen LogP contribution in [0.4, 0.5) is 0 Å². The SMILES string of the molecule is C=C1CC2(COC(C)(C)OC2)C/C1=C/[Si](CC)(CC)CC. The van der Waals surface area contributed by atoms with Crippen molar-refractivity contribution in [3.8, 4) is 0 Å². The Morgan fingerprint density at radius 1 is 1.05 bits per heavy atom. The zero-order valence-electron chi connectivity index (χ0n) is 14.6. The lowest BCUT2D eigenvalue weighted by molar-refractivity contribution is -0.283. The molecular weight excluding hydrogens is 276 g/mol. The van der Waals surface area contributed by atoms with Gasteiger partial charge in [-0.15, -0.1) is 0 Å². The fourth-order valence-corrected chi connectivity index (χ4v) is 6.84. The maximum absolute atomic E-state index is 5.93. The van der Waals surface area contributed by atoms with Crippen LogP contribution in [-0.2, 0) is 9.47 Å². The molecule has 0 aromatic heterocycles. The highest BCUT2D eigenvalue weighted by molar-refractivity contribution is 6.84. The minimum atomic E-state index is -1.24. The number of hydrogen-bond donors (Lipinski definition) is 0. The van der Waals surface area contributed by atoms with Crippen LogP contribution < -0.4 is 0 Å².